The lowest BCUT2D eigenvalue weighted by Gasteiger charge is -2.07. The van der Waals surface area contributed by atoms with Crippen molar-refractivity contribution in [2.24, 2.45) is 0 Å². The third kappa shape index (κ3) is 15.1. The van der Waals surface area contributed by atoms with Crippen LogP contribution in [0.5, 0.6) is 5.75 Å². The van der Waals surface area contributed by atoms with Gasteiger partial charge in [0.25, 0.3) is 0 Å². The molecule has 0 radical (unpaired) electrons. The summed E-state index contributed by atoms with van der Waals surface area (Å²) in [5.74, 6) is 0.127. The normalized spacial score (nSPS) is 11.2. The molecule has 0 heterocycles. The van der Waals surface area contributed by atoms with Gasteiger partial charge in [-0.25, -0.2) is 4.79 Å². The highest BCUT2D eigenvalue weighted by Crippen LogP contribution is 2.15. The molecule has 0 fully saturated rings. The van der Waals surface area contributed by atoms with Gasteiger partial charge in [-0.15, -0.1) is 0 Å². The van der Waals surface area contributed by atoms with Crippen LogP contribution in [0.2, 0.25) is 0 Å². The molecule has 0 aliphatic carbocycles. The Morgan fingerprint density at radius 1 is 0.767 bits per heavy atom. The van der Waals surface area contributed by atoms with Gasteiger partial charge in [0, 0.05) is 6.08 Å². The van der Waals surface area contributed by atoms with Gasteiger partial charge in [-0.05, 0) is 25.0 Å². The predicted molar refractivity (Wildman–Crippen MR) is 122 cm³/mol. The molecule has 0 atom stereocenters. The van der Waals surface area contributed by atoms with Crippen molar-refractivity contribution >= 4 is 16.1 Å². The lowest BCUT2D eigenvalue weighted by molar-refractivity contribution is -0.137. The third-order valence-electron chi connectivity index (χ3n) is 4.92. The standard InChI is InChI=1S/C24H38O5S/c1-2-24(25)28-21-17-12-10-8-6-4-3-5-7-9-11-13-18-22-30(26,27)29-23-19-15-14-16-20-23/h2,14-16,19-20H,1,3-13,17-18,21-22H2. The first-order chi connectivity index (χ1) is 14.5. The van der Waals surface area contributed by atoms with E-state index in [9.17, 15) is 13.2 Å². The molecule has 5 nitrogen and oxygen atoms in total. The fourth-order valence-electron chi connectivity index (χ4n) is 3.22. The molecule has 0 saturated carbocycles. The molecule has 30 heavy (non-hydrogen) atoms. The zero-order chi connectivity index (χ0) is 21.9. The van der Waals surface area contributed by atoms with Crippen LogP contribution in [0.4, 0.5) is 0 Å². The van der Waals surface area contributed by atoms with Crippen molar-refractivity contribution in [2.45, 2.75) is 83.5 Å². The Balaban J connectivity index is 1.83. The average Bonchev–Trinajstić information content (AvgIpc) is 2.73. The monoisotopic (exact) mass is 438 g/mol. The van der Waals surface area contributed by atoms with Crippen LogP contribution in [0.15, 0.2) is 43.0 Å². The second kappa shape index (κ2) is 16.9. The fourth-order valence-corrected chi connectivity index (χ4v) is 4.27. The summed E-state index contributed by atoms with van der Waals surface area (Å²) in [6.45, 7) is 3.87. The number of ether oxygens (including phenoxy) is 1. The summed E-state index contributed by atoms with van der Waals surface area (Å²) in [7, 11) is -3.48. The van der Waals surface area contributed by atoms with Gasteiger partial charge < -0.3 is 8.92 Å². The van der Waals surface area contributed by atoms with Gasteiger partial charge >= 0.3 is 16.1 Å². The van der Waals surface area contributed by atoms with E-state index in [1.165, 1.54) is 57.4 Å². The van der Waals surface area contributed by atoms with E-state index in [1.807, 2.05) is 6.07 Å². The Kier molecular flexibility index (Phi) is 14.8. The van der Waals surface area contributed by atoms with Crippen molar-refractivity contribution in [1.82, 2.24) is 0 Å². The maximum absolute atomic E-state index is 11.9. The van der Waals surface area contributed by atoms with Gasteiger partial charge in [-0.3, -0.25) is 0 Å². The number of para-hydroxylation sites is 1. The van der Waals surface area contributed by atoms with Crippen LogP contribution in [-0.4, -0.2) is 26.7 Å². The molecule has 0 bridgehead atoms. The van der Waals surface area contributed by atoms with Crippen molar-refractivity contribution < 1.29 is 22.1 Å². The van der Waals surface area contributed by atoms with Crippen LogP contribution in [-0.2, 0) is 19.6 Å². The zero-order valence-electron chi connectivity index (χ0n) is 18.2. The minimum Gasteiger partial charge on any atom is -0.463 e. The van der Waals surface area contributed by atoms with Crippen molar-refractivity contribution in [3.8, 4) is 5.75 Å². The molecule has 1 rings (SSSR count). The minimum atomic E-state index is -3.48. The van der Waals surface area contributed by atoms with E-state index in [-0.39, 0.29) is 11.7 Å². The molecule has 0 spiro atoms. The molecule has 0 aromatic heterocycles. The molecule has 6 heteroatoms. The number of hydrogen-bond donors (Lipinski definition) is 0. The maximum atomic E-state index is 11.9. The second-order valence-corrected chi connectivity index (χ2v) is 9.32. The minimum absolute atomic E-state index is 0.0819. The Morgan fingerprint density at radius 3 is 1.73 bits per heavy atom. The molecule has 170 valence electrons. The van der Waals surface area contributed by atoms with Crippen molar-refractivity contribution in [2.75, 3.05) is 12.4 Å². The van der Waals surface area contributed by atoms with Gasteiger partial charge in [0.05, 0.1) is 12.4 Å². The van der Waals surface area contributed by atoms with Crippen LogP contribution < -0.4 is 4.18 Å². The number of hydrogen-bond acceptors (Lipinski definition) is 5. The quantitative estimate of drug-likeness (QED) is 0.111. The molecular formula is C24H38O5S. The van der Waals surface area contributed by atoms with Gasteiger partial charge in [0.2, 0.25) is 0 Å². The summed E-state index contributed by atoms with van der Waals surface area (Å²) >= 11 is 0. The third-order valence-corrected chi connectivity index (χ3v) is 6.15. The number of esters is 1. The smallest absolute Gasteiger partial charge is 0.330 e. The van der Waals surface area contributed by atoms with Crippen LogP contribution in [0.3, 0.4) is 0 Å². The zero-order valence-corrected chi connectivity index (χ0v) is 19.0. The van der Waals surface area contributed by atoms with Crippen LogP contribution in [0, 0.1) is 0 Å². The molecule has 0 saturated heterocycles. The van der Waals surface area contributed by atoms with Crippen molar-refractivity contribution in [3.63, 3.8) is 0 Å². The van der Waals surface area contributed by atoms with Crippen LogP contribution in [0.1, 0.15) is 83.5 Å². The molecule has 0 amide bonds. The highest BCUT2D eigenvalue weighted by molar-refractivity contribution is 7.87. The van der Waals surface area contributed by atoms with E-state index in [0.717, 1.165) is 25.7 Å². The average molecular weight is 439 g/mol. The largest absolute Gasteiger partial charge is 0.463 e. The van der Waals surface area contributed by atoms with E-state index in [0.29, 0.717) is 18.8 Å². The van der Waals surface area contributed by atoms with Gasteiger partial charge in [-0.1, -0.05) is 95.4 Å². The van der Waals surface area contributed by atoms with Gasteiger partial charge in [-0.2, -0.15) is 8.42 Å². The van der Waals surface area contributed by atoms with E-state index < -0.39 is 10.1 Å². The highest BCUT2D eigenvalue weighted by atomic mass is 32.2. The summed E-state index contributed by atoms with van der Waals surface area (Å²) in [5, 5.41) is 0. The van der Waals surface area contributed by atoms with Crippen LogP contribution in [0.25, 0.3) is 0 Å². The lowest BCUT2D eigenvalue weighted by Crippen LogP contribution is -2.13. The van der Waals surface area contributed by atoms with E-state index in [1.54, 1.807) is 24.3 Å². The van der Waals surface area contributed by atoms with Gasteiger partial charge in [0.15, 0.2) is 0 Å². The summed E-state index contributed by atoms with van der Waals surface area (Å²) < 4.78 is 33.9. The van der Waals surface area contributed by atoms with E-state index in [2.05, 4.69) is 6.58 Å². The second-order valence-electron chi connectivity index (χ2n) is 7.63. The van der Waals surface area contributed by atoms with Crippen molar-refractivity contribution in [3.05, 3.63) is 43.0 Å². The number of unbranched alkanes of at least 4 members (excludes halogenated alkanes) is 12. The Hall–Kier alpha value is -1.82. The predicted octanol–water partition coefficient (Wildman–Crippen LogP) is 6.20. The molecule has 0 aliphatic heterocycles. The molecule has 1 aromatic carbocycles. The Bertz CT molecular complexity index is 670. The SMILES string of the molecule is C=CC(=O)OCCCCCCCCCCCCCCCS(=O)(=O)Oc1ccccc1. The number of carbonyl (C=O) groups excluding carboxylic acids is 1. The molecular weight excluding hydrogens is 400 g/mol. The van der Waals surface area contributed by atoms with Gasteiger partial charge in [0.1, 0.15) is 5.75 Å². The number of benzene rings is 1. The summed E-state index contributed by atoms with van der Waals surface area (Å²) in [6, 6.07) is 8.66. The maximum Gasteiger partial charge on any atom is 0.330 e. The van der Waals surface area contributed by atoms with E-state index >= 15 is 0 Å². The highest BCUT2D eigenvalue weighted by Gasteiger charge is 2.11. The molecule has 0 aliphatic rings. The first-order valence-electron chi connectivity index (χ1n) is 11.3. The number of rotatable bonds is 19. The summed E-state index contributed by atoms with van der Waals surface area (Å²) in [6.07, 6.45) is 15.8. The summed E-state index contributed by atoms with van der Waals surface area (Å²) in [5.41, 5.74) is 0. The fraction of sp³-hybridized carbons (Fsp3) is 0.625. The molecule has 1 aromatic rings. The van der Waals surface area contributed by atoms with Crippen LogP contribution >= 0.6 is 0 Å². The summed E-state index contributed by atoms with van der Waals surface area (Å²) in [4.78, 5) is 10.9. The first kappa shape index (κ1) is 26.2. The Morgan fingerprint density at radius 2 is 1.23 bits per heavy atom. The van der Waals surface area contributed by atoms with E-state index in [4.69, 9.17) is 8.92 Å². The molecule has 0 N–H and O–H groups in total. The van der Waals surface area contributed by atoms with Crippen molar-refractivity contribution in [1.29, 1.82) is 0 Å². The number of carbonyl (C=O) groups is 1. The topological polar surface area (TPSA) is 69.7 Å². The first-order valence-corrected chi connectivity index (χ1v) is 12.9. The Labute approximate surface area is 183 Å². The molecule has 0 unspecified atom stereocenters. The lowest BCUT2D eigenvalue weighted by atomic mass is 10.0.